The molecule has 0 spiro atoms. The quantitative estimate of drug-likeness (QED) is 0.663. The lowest BCUT2D eigenvalue weighted by molar-refractivity contribution is 0.0950. The lowest BCUT2D eigenvalue weighted by atomic mass is 10.1. The number of piperazine rings is 1. The van der Waals surface area contributed by atoms with Crippen LogP contribution in [0.25, 0.3) is 0 Å². The van der Waals surface area contributed by atoms with Gasteiger partial charge in [0.05, 0.1) is 18.7 Å². The lowest BCUT2D eigenvalue weighted by Crippen LogP contribution is -2.45. The minimum Gasteiger partial charge on any atom is -0.493 e. The number of para-hydroxylation sites is 1. The highest BCUT2D eigenvalue weighted by Crippen LogP contribution is 2.36. The third kappa shape index (κ3) is 6.05. The molecule has 6 nitrogen and oxygen atoms in total. The number of methoxy groups -OCH3 is 1. The molecule has 0 radical (unpaired) electrons. The fourth-order valence-electron chi connectivity index (χ4n) is 3.53. The summed E-state index contributed by atoms with van der Waals surface area (Å²) in [7, 11) is 3.68. The van der Waals surface area contributed by atoms with Crippen LogP contribution < -0.4 is 19.7 Å². The van der Waals surface area contributed by atoms with Crippen molar-refractivity contribution in [2.45, 2.75) is 20.4 Å². The number of ether oxygens (including phenoxy) is 2. The van der Waals surface area contributed by atoms with Gasteiger partial charge in [0.1, 0.15) is 0 Å². The van der Waals surface area contributed by atoms with Crippen LogP contribution in [0.15, 0.2) is 36.4 Å². The maximum Gasteiger partial charge on any atom is 0.251 e. The fraction of sp³-hybridized carbons (Fsp3) is 0.458. The Kier molecular flexibility index (Phi) is 8.04. The van der Waals surface area contributed by atoms with Crippen LogP contribution in [-0.2, 0) is 6.54 Å². The van der Waals surface area contributed by atoms with E-state index in [0.717, 1.165) is 31.7 Å². The number of nitrogens with zero attached hydrogens (tertiary/aromatic N) is 2. The smallest absolute Gasteiger partial charge is 0.251 e. The zero-order valence-corrected chi connectivity index (χ0v) is 19.5. The Morgan fingerprint density at radius 2 is 1.87 bits per heavy atom. The first kappa shape index (κ1) is 23.2. The van der Waals surface area contributed by atoms with Crippen molar-refractivity contribution >= 4 is 23.2 Å². The molecule has 31 heavy (non-hydrogen) atoms. The standard InChI is InChI=1S/C24H32ClN3O3/c1-17(2)16-31-23-20(25)13-19(14-22(23)30-4)24(29)26-15-18-7-5-6-8-21(18)28-11-9-27(3)10-12-28/h5-8,13-14,17H,9-12,15-16H2,1-4H3,(H,26,29). The Bertz CT molecular complexity index is 896. The molecule has 1 amide bonds. The molecule has 0 bridgehead atoms. The lowest BCUT2D eigenvalue weighted by Gasteiger charge is -2.35. The highest BCUT2D eigenvalue weighted by molar-refractivity contribution is 6.32. The van der Waals surface area contributed by atoms with Gasteiger partial charge in [-0.25, -0.2) is 0 Å². The Labute approximate surface area is 190 Å². The first-order chi connectivity index (χ1) is 14.9. The molecular weight excluding hydrogens is 414 g/mol. The topological polar surface area (TPSA) is 54.0 Å². The summed E-state index contributed by atoms with van der Waals surface area (Å²) in [5, 5.41) is 3.38. The summed E-state index contributed by atoms with van der Waals surface area (Å²) in [6, 6.07) is 11.5. The van der Waals surface area contributed by atoms with Crippen molar-refractivity contribution < 1.29 is 14.3 Å². The number of hydrogen-bond donors (Lipinski definition) is 1. The number of halogens is 1. The van der Waals surface area contributed by atoms with Crippen LogP contribution in [0, 0.1) is 5.92 Å². The molecule has 7 heteroatoms. The van der Waals surface area contributed by atoms with Crippen LogP contribution in [-0.4, -0.2) is 57.8 Å². The summed E-state index contributed by atoms with van der Waals surface area (Å²) in [6.45, 7) is 9.09. The van der Waals surface area contributed by atoms with Crippen molar-refractivity contribution in [2.75, 3.05) is 51.8 Å². The van der Waals surface area contributed by atoms with Crippen molar-refractivity contribution in [3.8, 4) is 11.5 Å². The number of rotatable bonds is 8. The van der Waals surface area contributed by atoms with Crippen molar-refractivity contribution in [3.05, 3.63) is 52.5 Å². The largest absolute Gasteiger partial charge is 0.493 e. The minimum atomic E-state index is -0.205. The maximum absolute atomic E-state index is 12.9. The van der Waals surface area contributed by atoms with Crippen LogP contribution in [0.5, 0.6) is 11.5 Å². The van der Waals surface area contributed by atoms with E-state index < -0.39 is 0 Å². The summed E-state index contributed by atoms with van der Waals surface area (Å²) in [5.74, 6) is 1.07. The summed E-state index contributed by atoms with van der Waals surface area (Å²) < 4.78 is 11.2. The zero-order chi connectivity index (χ0) is 22.4. The van der Waals surface area contributed by atoms with Gasteiger partial charge in [0.25, 0.3) is 5.91 Å². The Morgan fingerprint density at radius 3 is 2.55 bits per heavy atom. The van der Waals surface area contributed by atoms with Crippen LogP contribution in [0.3, 0.4) is 0 Å². The van der Waals surface area contributed by atoms with Crippen molar-refractivity contribution in [1.29, 1.82) is 0 Å². The third-order valence-corrected chi connectivity index (χ3v) is 5.61. The second-order valence-corrected chi connectivity index (χ2v) is 8.70. The molecule has 1 fully saturated rings. The van der Waals surface area contributed by atoms with Gasteiger partial charge in [-0.15, -0.1) is 0 Å². The van der Waals surface area contributed by atoms with Gasteiger partial charge in [-0.2, -0.15) is 0 Å². The monoisotopic (exact) mass is 445 g/mol. The van der Waals surface area contributed by atoms with Crippen LogP contribution in [0.2, 0.25) is 5.02 Å². The second-order valence-electron chi connectivity index (χ2n) is 8.30. The molecule has 0 atom stereocenters. The van der Waals surface area contributed by atoms with E-state index >= 15 is 0 Å². The average molecular weight is 446 g/mol. The second kappa shape index (κ2) is 10.7. The molecule has 2 aromatic carbocycles. The molecule has 2 aromatic rings. The minimum absolute atomic E-state index is 0.205. The van der Waals surface area contributed by atoms with E-state index in [-0.39, 0.29) is 5.91 Å². The van der Waals surface area contributed by atoms with E-state index in [1.165, 1.54) is 5.69 Å². The third-order valence-electron chi connectivity index (χ3n) is 5.33. The number of hydrogen-bond acceptors (Lipinski definition) is 5. The van der Waals surface area contributed by atoms with Crippen LogP contribution in [0.4, 0.5) is 5.69 Å². The molecule has 168 valence electrons. The number of carbonyl (C=O) groups excluding carboxylic acids is 1. The van der Waals surface area contributed by atoms with E-state index in [1.807, 2.05) is 12.1 Å². The van der Waals surface area contributed by atoms with Crippen molar-refractivity contribution in [1.82, 2.24) is 10.2 Å². The van der Waals surface area contributed by atoms with Gasteiger partial charge >= 0.3 is 0 Å². The number of benzene rings is 2. The van der Waals surface area contributed by atoms with E-state index in [9.17, 15) is 4.79 Å². The molecule has 1 heterocycles. The summed E-state index contributed by atoms with van der Waals surface area (Å²) in [6.07, 6.45) is 0. The SMILES string of the molecule is COc1cc(C(=O)NCc2ccccc2N2CCN(C)CC2)cc(Cl)c1OCC(C)C. The number of anilines is 1. The maximum atomic E-state index is 12.9. The normalized spacial score (nSPS) is 14.6. The first-order valence-electron chi connectivity index (χ1n) is 10.7. The van der Waals surface area contributed by atoms with Crippen LogP contribution >= 0.6 is 11.6 Å². The number of nitrogens with one attached hydrogen (secondary N) is 1. The van der Waals surface area contributed by atoms with Gasteiger partial charge in [0.15, 0.2) is 11.5 Å². The van der Waals surface area contributed by atoms with Crippen molar-refractivity contribution in [3.63, 3.8) is 0 Å². The number of carbonyl (C=O) groups is 1. The summed E-state index contributed by atoms with van der Waals surface area (Å²) in [5.41, 5.74) is 2.70. The number of amides is 1. The van der Waals surface area contributed by atoms with Crippen LogP contribution in [0.1, 0.15) is 29.8 Å². The Hall–Kier alpha value is -2.44. The van der Waals surface area contributed by atoms with E-state index in [4.69, 9.17) is 21.1 Å². The summed E-state index contributed by atoms with van der Waals surface area (Å²) in [4.78, 5) is 17.6. The van der Waals surface area contributed by atoms with Gasteiger partial charge in [-0.1, -0.05) is 43.6 Å². The predicted molar refractivity (Wildman–Crippen MR) is 126 cm³/mol. The fourth-order valence-corrected chi connectivity index (χ4v) is 3.80. The molecule has 0 aromatic heterocycles. The molecule has 1 aliphatic heterocycles. The Balaban J connectivity index is 1.71. The van der Waals surface area contributed by atoms with Gasteiger partial charge in [-0.3, -0.25) is 4.79 Å². The molecule has 3 rings (SSSR count). The van der Waals surface area contributed by atoms with Gasteiger partial charge in [0.2, 0.25) is 0 Å². The van der Waals surface area contributed by atoms with E-state index in [2.05, 4.69) is 48.1 Å². The number of likely N-dealkylation sites (N-methyl/N-ethyl adjacent to an activating group) is 1. The molecule has 1 saturated heterocycles. The predicted octanol–water partition coefficient (Wildman–Crippen LogP) is 4.07. The van der Waals surface area contributed by atoms with Crippen molar-refractivity contribution in [2.24, 2.45) is 5.92 Å². The molecule has 0 unspecified atom stereocenters. The molecule has 0 aliphatic carbocycles. The molecule has 0 saturated carbocycles. The van der Waals surface area contributed by atoms with E-state index in [1.54, 1.807) is 19.2 Å². The summed E-state index contributed by atoms with van der Waals surface area (Å²) >= 11 is 6.40. The van der Waals surface area contributed by atoms with Gasteiger partial charge in [-0.05, 0) is 36.7 Å². The molecule has 1 N–H and O–H groups in total. The zero-order valence-electron chi connectivity index (χ0n) is 18.8. The van der Waals surface area contributed by atoms with Gasteiger partial charge in [0, 0.05) is 44.0 Å². The molecular formula is C24H32ClN3O3. The highest BCUT2D eigenvalue weighted by atomic mass is 35.5. The van der Waals surface area contributed by atoms with E-state index in [0.29, 0.717) is 41.2 Å². The first-order valence-corrected chi connectivity index (χ1v) is 11.1. The Morgan fingerprint density at radius 1 is 1.16 bits per heavy atom. The average Bonchev–Trinajstić information content (AvgIpc) is 2.76. The molecule has 1 aliphatic rings. The highest BCUT2D eigenvalue weighted by Gasteiger charge is 2.19. The van der Waals surface area contributed by atoms with Gasteiger partial charge < -0.3 is 24.6 Å².